The Kier molecular flexibility index (Phi) is 6.66. The number of nitrogens with zero attached hydrogens (tertiary/aromatic N) is 2. The Morgan fingerprint density at radius 1 is 0.432 bits per heavy atom. The van der Waals surface area contributed by atoms with Crippen molar-refractivity contribution in [2.24, 2.45) is 0 Å². The Morgan fingerprint density at radius 3 is 1.45 bits per heavy atom. The van der Waals surface area contributed by atoms with Crippen molar-refractivity contribution in [2.45, 2.75) is 12.8 Å². The molecule has 0 bridgehead atoms. The third kappa shape index (κ3) is 4.71. The molecule has 1 aliphatic carbocycles. The molecule has 1 aromatic heterocycles. The summed E-state index contributed by atoms with van der Waals surface area (Å²) < 4.78 is 2.36. The Labute approximate surface area is 258 Å². The minimum atomic E-state index is 1.07. The Hall–Kier alpha value is -5.60. The molecule has 0 fully saturated rings. The van der Waals surface area contributed by atoms with Crippen molar-refractivity contribution in [3.05, 3.63) is 176 Å². The molecule has 6 aromatic carbocycles. The third-order valence-corrected chi connectivity index (χ3v) is 8.63. The van der Waals surface area contributed by atoms with Gasteiger partial charge in [-0.25, -0.2) is 0 Å². The van der Waals surface area contributed by atoms with E-state index in [0.29, 0.717) is 0 Å². The summed E-state index contributed by atoms with van der Waals surface area (Å²) in [5, 5.41) is 2.57. The lowest BCUT2D eigenvalue weighted by atomic mass is 9.99. The van der Waals surface area contributed by atoms with Crippen molar-refractivity contribution < 1.29 is 0 Å². The fourth-order valence-electron chi connectivity index (χ4n) is 6.45. The van der Waals surface area contributed by atoms with Gasteiger partial charge in [0.15, 0.2) is 0 Å². The van der Waals surface area contributed by atoms with Gasteiger partial charge in [0, 0.05) is 33.5 Å². The van der Waals surface area contributed by atoms with Gasteiger partial charge in [-0.1, -0.05) is 115 Å². The van der Waals surface area contributed by atoms with Crippen LogP contribution in [-0.4, -0.2) is 4.57 Å². The summed E-state index contributed by atoms with van der Waals surface area (Å²) in [4.78, 5) is 2.34. The summed E-state index contributed by atoms with van der Waals surface area (Å²) in [7, 11) is 0. The normalized spacial score (nSPS) is 12.9. The van der Waals surface area contributed by atoms with Gasteiger partial charge in [-0.3, -0.25) is 0 Å². The summed E-state index contributed by atoms with van der Waals surface area (Å²) in [5.74, 6) is 0. The highest BCUT2D eigenvalue weighted by Crippen LogP contribution is 2.35. The van der Waals surface area contributed by atoms with Crippen LogP contribution in [0.4, 0.5) is 11.4 Å². The van der Waals surface area contributed by atoms with Gasteiger partial charge in [-0.15, -0.1) is 0 Å². The van der Waals surface area contributed by atoms with E-state index < -0.39 is 0 Å². The maximum Gasteiger partial charge on any atom is 0.0541 e. The van der Waals surface area contributed by atoms with Crippen LogP contribution in [-0.2, 0) is 0 Å². The second kappa shape index (κ2) is 11.2. The van der Waals surface area contributed by atoms with E-state index in [4.69, 9.17) is 0 Å². The van der Waals surface area contributed by atoms with Crippen LogP contribution in [0.1, 0.15) is 12.8 Å². The number of hydrogen-bond acceptors (Lipinski definition) is 1. The number of allylic oxidation sites excluding steroid dienone is 3. The van der Waals surface area contributed by atoms with Gasteiger partial charge in [0.1, 0.15) is 0 Å². The first kappa shape index (κ1) is 26.1. The highest BCUT2D eigenvalue weighted by atomic mass is 15.1. The van der Waals surface area contributed by atoms with Crippen LogP contribution < -0.4 is 4.90 Å². The first-order chi connectivity index (χ1) is 21.8. The lowest BCUT2D eigenvalue weighted by molar-refractivity contribution is 0.997. The SMILES string of the molecule is C1=CC(N(c2ccccc2)c2ccc(-c3ccc(-c4ccc(-n5c6ccccc6c6ccccc65)cc4)cc3)cc2)=CCC1. The first-order valence-electron chi connectivity index (χ1n) is 15.3. The predicted octanol–water partition coefficient (Wildman–Crippen LogP) is 11.5. The van der Waals surface area contributed by atoms with E-state index in [9.17, 15) is 0 Å². The number of aromatic nitrogens is 1. The highest BCUT2D eigenvalue weighted by Gasteiger charge is 2.15. The maximum absolute atomic E-state index is 2.36. The lowest BCUT2D eigenvalue weighted by Gasteiger charge is -2.27. The molecule has 0 saturated heterocycles. The van der Waals surface area contributed by atoms with Crippen LogP contribution in [0.2, 0.25) is 0 Å². The molecule has 210 valence electrons. The molecule has 0 atom stereocenters. The number of rotatable bonds is 6. The molecule has 1 aliphatic rings. The summed E-state index contributed by atoms with van der Waals surface area (Å²) >= 11 is 0. The molecule has 0 aliphatic heterocycles. The molecule has 2 nitrogen and oxygen atoms in total. The van der Waals surface area contributed by atoms with Gasteiger partial charge in [-0.05, 0) is 89.7 Å². The van der Waals surface area contributed by atoms with Crippen LogP contribution in [0.3, 0.4) is 0 Å². The summed E-state index contributed by atoms with van der Waals surface area (Å²) in [5.41, 5.74) is 12.0. The maximum atomic E-state index is 2.36. The molecule has 44 heavy (non-hydrogen) atoms. The van der Waals surface area contributed by atoms with Crippen molar-refractivity contribution in [1.29, 1.82) is 0 Å². The number of benzene rings is 6. The van der Waals surface area contributed by atoms with E-state index in [1.807, 2.05) is 0 Å². The number of para-hydroxylation sites is 3. The molecular weight excluding hydrogens is 532 g/mol. The smallest absolute Gasteiger partial charge is 0.0541 e. The zero-order chi connectivity index (χ0) is 29.3. The van der Waals surface area contributed by atoms with Crippen molar-refractivity contribution in [2.75, 3.05) is 4.90 Å². The standard InChI is InChI=1S/C42H32N2/c1-3-11-35(12-4-1)43(36-13-5-2-6-14-36)37-27-23-33(24-28-37)31-19-21-32(22-20-31)34-25-29-38(30-26-34)44-41-17-9-7-15-39(41)40-16-8-10-18-42(40)44/h1,3-5,7-30H,2,6H2. The monoisotopic (exact) mass is 564 g/mol. The fraction of sp³-hybridized carbons (Fsp3) is 0.0476. The number of hydrogen-bond donors (Lipinski definition) is 0. The van der Waals surface area contributed by atoms with Crippen LogP contribution in [0.25, 0.3) is 49.7 Å². The van der Waals surface area contributed by atoms with Gasteiger partial charge >= 0.3 is 0 Å². The van der Waals surface area contributed by atoms with E-state index >= 15 is 0 Å². The van der Waals surface area contributed by atoms with Crippen LogP contribution in [0.15, 0.2) is 176 Å². The Balaban J connectivity index is 1.06. The minimum Gasteiger partial charge on any atom is -0.311 e. The quantitative estimate of drug-likeness (QED) is 0.195. The van der Waals surface area contributed by atoms with Crippen LogP contribution in [0.5, 0.6) is 0 Å². The number of anilines is 2. The zero-order valence-electron chi connectivity index (χ0n) is 24.5. The Morgan fingerprint density at radius 2 is 0.909 bits per heavy atom. The van der Waals surface area contributed by atoms with E-state index in [1.165, 1.54) is 61.1 Å². The molecule has 7 aromatic rings. The van der Waals surface area contributed by atoms with Crippen LogP contribution in [0, 0.1) is 0 Å². The van der Waals surface area contributed by atoms with Crippen molar-refractivity contribution >= 4 is 33.2 Å². The molecule has 0 saturated carbocycles. The molecule has 2 heteroatoms. The van der Waals surface area contributed by atoms with Gasteiger partial charge in [0.2, 0.25) is 0 Å². The van der Waals surface area contributed by atoms with Gasteiger partial charge in [0.25, 0.3) is 0 Å². The predicted molar refractivity (Wildman–Crippen MR) is 187 cm³/mol. The molecule has 0 N–H and O–H groups in total. The highest BCUT2D eigenvalue weighted by molar-refractivity contribution is 6.09. The first-order valence-corrected chi connectivity index (χ1v) is 15.3. The molecular formula is C42H32N2. The average Bonchev–Trinajstić information content (AvgIpc) is 3.44. The third-order valence-electron chi connectivity index (χ3n) is 8.63. The van der Waals surface area contributed by atoms with Crippen LogP contribution >= 0.6 is 0 Å². The summed E-state index contributed by atoms with van der Waals surface area (Å²) in [6.45, 7) is 0. The van der Waals surface area contributed by atoms with Gasteiger partial charge < -0.3 is 9.47 Å². The molecule has 0 unspecified atom stereocenters. The second-order valence-electron chi connectivity index (χ2n) is 11.3. The van der Waals surface area contributed by atoms with E-state index in [0.717, 1.165) is 18.5 Å². The molecule has 0 radical (unpaired) electrons. The van der Waals surface area contributed by atoms with Crippen molar-refractivity contribution in [1.82, 2.24) is 4.57 Å². The summed E-state index contributed by atoms with van der Waals surface area (Å²) in [6.07, 6.45) is 9.00. The average molecular weight is 565 g/mol. The summed E-state index contributed by atoms with van der Waals surface area (Å²) in [6, 6.07) is 54.7. The second-order valence-corrected chi connectivity index (χ2v) is 11.3. The minimum absolute atomic E-state index is 1.07. The zero-order valence-corrected chi connectivity index (χ0v) is 24.5. The van der Waals surface area contributed by atoms with E-state index in [-0.39, 0.29) is 0 Å². The molecule has 0 spiro atoms. The lowest BCUT2D eigenvalue weighted by Crippen LogP contribution is -2.16. The van der Waals surface area contributed by atoms with Gasteiger partial charge in [-0.2, -0.15) is 0 Å². The molecule has 0 amide bonds. The van der Waals surface area contributed by atoms with Gasteiger partial charge in [0.05, 0.1) is 11.0 Å². The fourth-order valence-corrected chi connectivity index (χ4v) is 6.45. The Bertz CT molecular complexity index is 2080. The molecule has 8 rings (SSSR count). The molecule has 1 heterocycles. The van der Waals surface area contributed by atoms with E-state index in [1.54, 1.807) is 0 Å². The largest absolute Gasteiger partial charge is 0.311 e. The topological polar surface area (TPSA) is 8.17 Å². The van der Waals surface area contributed by atoms with Crippen molar-refractivity contribution in [3.63, 3.8) is 0 Å². The number of fused-ring (bicyclic) bond motifs is 3. The van der Waals surface area contributed by atoms with Crippen molar-refractivity contribution in [3.8, 4) is 27.9 Å². The van der Waals surface area contributed by atoms with E-state index in [2.05, 4.69) is 179 Å².